The lowest BCUT2D eigenvalue weighted by molar-refractivity contribution is 0.192. The van der Waals surface area contributed by atoms with E-state index >= 15 is 0 Å². The van der Waals surface area contributed by atoms with E-state index in [0.717, 1.165) is 18.4 Å². The number of sulfonamides is 2. The highest BCUT2D eigenvalue weighted by Crippen LogP contribution is 2.13. The maximum absolute atomic E-state index is 13.1. The second-order valence-electron chi connectivity index (χ2n) is 5.51. The minimum atomic E-state index is -4.00. The average molecular weight is 383 g/mol. The monoisotopic (exact) mass is 383 g/mol. The second-order valence-corrected chi connectivity index (χ2v) is 9.26. The molecular formula is C13H19F2N3O4S2. The van der Waals surface area contributed by atoms with Gasteiger partial charge in [-0.15, -0.1) is 0 Å². The molecule has 0 aromatic heterocycles. The van der Waals surface area contributed by atoms with Gasteiger partial charge in [-0.2, -0.15) is 4.31 Å². The van der Waals surface area contributed by atoms with E-state index in [4.69, 9.17) is 0 Å². The van der Waals surface area contributed by atoms with Crippen LogP contribution in [0, 0.1) is 11.6 Å². The Labute approximate surface area is 140 Å². The molecule has 1 N–H and O–H groups in total. The minimum absolute atomic E-state index is 0.0549. The van der Waals surface area contributed by atoms with Crippen molar-refractivity contribution >= 4 is 20.0 Å². The van der Waals surface area contributed by atoms with Crippen molar-refractivity contribution in [3.05, 3.63) is 29.8 Å². The van der Waals surface area contributed by atoms with Crippen LogP contribution in [0.25, 0.3) is 0 Å². The van der Waals surface area contributed by atoms with Gasteiger partial charge in [0.1, 0.15) is 11.6 Å². The fourth-order valence-corrected chi connectivity index (χ4v) is 4.28. The molecule has 7 nitrogen and oxygen atoms in total. The van der Waals surface area contributed by atoms with Gasteiger partial charge >= 0.3 is 0 Å². The summed E-state index contributed by atoms with van der Waals surface area (Å²) in [6, 6.07) is 2.09. The van der Waals surface area contributed by atoms with Crippen molar-refractivity contribution in [3.8, 4) is 0 Å². The third-order valence-corrected chi connectivity index (χ3v) is 6.41. The maximum atomic E-state index is 13.1. The van der Waals surface area contributed by atoms with Crippen LogP contribution in [0.3, 0.4) is 0 Å². The number of benzene rings is 1. The Morgan fingerprint density at radius 2 is 1.54 bits per heavy atom. The Kier molecular flexibility index (Phi) is 5.91. The summed E-state index contributed by atoms with van der Waals surface area (Å²) in [7, 11) is -7.22. The Morgan fingerprint density at radius 1 is 1.00 bits per heavy atom. The standard InChI is InChI=1S/C13H19F2N3O4S2/c1-23(19,20)18-6-4-17(5-7-18)3-2-16-24(21,22)13-9-11(14)8-12(15)10-13/h8-10,16H,2-7H2,1H3. The van der Waals surface area contributed by atoms with E-state index < -0.39 is 36.6 Å². The van der Waals surface area contributed by atoms with E-state index in [-0.39, 0.29) is 6.54 Å². The van der Waals surface area contributed by atoms with Gasteiger partial charge in [-0.05, 0) is 12.1 Å². The number of hydrogen-bond acceptors (Lipinski definition) is 5. The van der Waals surface area contributed by atoms with E-state index in [1.165, 1.54) is 4.31 Å². The lowest BCUT2D eigenvalue weighted by atomic mass is 10.3. The van der Waals surface area contributed by atoms with Crippen molar-refractivity contribution in [2.45, 2.75) is 4.90 Å². The topological polar surface area (TPSA) is 86.8 Å². The molecule has 1 heterocycles. The van der Waals surface area contributed by atoms with Crippen LogP contribution in [-0.4, -0.2) is 71.6 Å². The van der Waals surface area contributed by atoms with Crippen LogP contribution in [0.15, 0.2) is 23.1 Å². The Morgan fingerprint density at radius 3 is 2.04 bits per heavy atom. The molecule has 1 saturated heterocycles. The van der Waals surface area contributed by atoms with Crippen LogP contribution in [0.5, 0.6) is 0 Å². The van der Waals surface area contributed by atoms with Gasteiger partial charge in [-0.3, -0.25) is 4.90 Å². The number of nitrogens with one attached hydrogen (secondary N) is 1. The van der Waals surface area contributed by atoms with E-state index in [1.807, 2.05) is 4.90 Å². The summed E-state index contributed by atoms with van der Waals surface area (Å²) < 4.78 is 76.7. The van der Waals surface area contributed by atoms with E-state index in [2.05, 4.69) is 4.72 Å². The molecule has 0 radical (unpaired) electrons. The van der Waals surface area contributed by atoms with Gasteiger partial charge in [0, 0.05) is 45.3 Å². The quantitative estimate of drug-likeness (QED) is 0.737. The van der Waals surface area contributed by atoms with E-state index in [9.17, 15) is 25.6 Å². The van der Waals surface area contributed by atoms with Crippen molar-refractivity contribution in [2.24, 2.45) is 0 Å². The van der Waals surface area contributed by atoms with Gasteiger partial charge in [0.25, 0.3) is 0 Å². The molecule has 0 aliphatic carbocycles. The molecule has 11 heteroatoms. The highest BCUT2D eigenvalue weighted by molar-refractivity contribution is 7.89. The Balaban J connectivity index is 1.86. The van der Waals surface area contributed by atoms with E-state index in [0.29, 0.717) is 38.8 Å². The van der Waals surface area contributed by atoms with Gasteiger partial charge in [0.05, 0.1) is 11.2 Å². The fraction of sp³-hybridized carbons (Fsp3) is 0.538. The van der Waals surface area contributed by atoms with Crippen LogP contribution < -0.4 is 4.72 Å². The van der Waals surface area contributed by atoms with Crippen molar-refractivity contribution in [3.63, 3.8) is 0 Å². The third kappa shape index (κ3) is 5.18. The van der Waals surface area contributed by atoms with Crippen LogP contribution in [0.4, 0.5) is 8.78 Å². The Hall–Kier alpha value is -1.14. The molecular weight excluding hydrogens is 364 g/mol. The first-order chi connectivity index (χ1) is 11.1. The number of rotatable bonds is 6. The summed E-state index contributed by atoms with van der Waals surface area (Å²) in [6.45, 7) is 2.10. The summed E-state index contributed by atoms with van der Waals surface area (Å²) in [4.78, 5) is 1.44. The largest absolute Gasteiger partial charge is 0.299 e. The zero-order valence-corrected chi connectivity index (χ0v) is 14.7. The molecule has 0 spiro atoms. The number of nitrogens with zero attached hydrogens (tertiary/aromatic N) is 2. The maximum Gasteiger partial charge on any atom is 0.240 e. The fourth-order valence-electron chi connectivity index (χ4n) is 2.39. The van der Waals surface area contributed by atoms with Crippen molar-refractivity contribution in [1.82, 2.24) is 13.9 Å². The number of hydrogen-bond donors (Lipinski definition) is 1. The Bertz CT molecular complexity index is 771. The molecule has 0 amide bonds. The molecule has 0 unspecified atom stereocenters. The van der Waals surface area contributed by atoms with Gasteiger partial charge in [-0.25, -0.2) is 30.3 Å². The molecule has 1 aliphatic heterocycles. The first kappa shape index (κ1) is 19.2. The second kappa shape index (κ2) is 7.40. The summed E-state index contributed by atoms with van der Waals surface area (Å²) in [5.74, 6) is -1.93. The lowest BCUT2D eigenvalue weighted by Gasteiger charge is -2.33. The van der Waals surface area contributed by atoms with Gasteiger partial charge in [0.15, 0.2) is 0 Å². The first-order valence-corrected chi connectivity index (χ1v) is 10.5. The van der Waals surface area contributed by atoms with Crippen molar-refractivity contribution in [2.75, 3.05) is 45.5 Å². The lowest BCUT2D eigenvalue weighted by Crippen LogP contribution is -2.49. The third-order valence-electron chi connectivity index (χ3n) is 3.67. The van der Waals surface area contributed by atoms with Crippen molar-refractivity contribution < 1.29 is 25.6 Å². The van der Waals surface area contributed by atoms with Crippen LogP contribution in [0.2, 0.25) is 0 Å². The normalized spacial score (nSPS) is 18.0. The van der Waals surface area contributed by atoms with Crippen LogP contribution >= 0.6 is 0 Å². The zero-order valence-electron chi connectivity index (χ0n) is 13.1. The van der Waals surface area contributed by atoms with Crippen LogP contribution in [0.1, 0.15) is 0 Å². The van der Waals surface area contributed by atoms with Crippen molar-refractivity contribution in [1.29, 1.82) is 0 Å². The zero-order chi connectivity index (χ0) is 18.0. The summed E-state index contributed by atoms with van der Waals surface area (Å²) in [6.07, 6.45) is 1.15. The van der Waals surface area contributed by atoms with Gasteiger partial charge in [-0.1, -0.05) is 0 Å². The number of piperazine rings is 1. The smallest absolute Gasteiger partial charge is 0.240 e. The molecule has 0 atom stereocenters. The molecule has 0 saturated carbocycles. The molecule has 1 aromatic rings. The van der Waals surface area contributed by atoms with Gasteiger partial charge < -0.3 is 0 Å². The SMILES string of the molecule is CS(=O)(=O)N1CCN(CCNS(=O)(=O)c2cc(F)cc(F)c2)CC1. The highest BCUT2D eigenvalue weighted by Gasteiger charge is 2.23. The van der Waals surface area contributed by atoms with Gasteiger partial charge in [0.2, 0.25) is 20.0 Å². The molecule has 24 heavy (non-hydrogen) atoms. The number of halogens is 2. The molecule has 2 rings (SSSR count). The highest BCUT2D eigenvalue weighted by atomic mass is 32.2. The molecule has 136 valence electrons. The summed E-state index contributed by atoms with van der Waals surface area (Å²) in [5, 5.41) is 0. The summed E-state index contributed by atoms with van der Waals surface area (Å²) in [5.41, 5.74) is 0. The summed E-state index contributed by atoms with van der Waals surface area (Å²) >= 11 is 0. The minimum Gasteiger partial charge on any atom is -0.299 e. The molecule has 0 bridgehead atoms. The first-order valence-electron chi connectivity index (χ1n) is 7.21. The van der Waals surface area contributed by atoms with Crippen LogP contribution in [-0.2, 0) is 20.0 Å². The predicted octanol–water partition coefficient (Wildman–Crippen LogP) is -0.180. The molecule has 1 aromatic carbocycles. The average Bonchev–Trinajstić information content (AvgIpc) is 2.45. The molecule has 1 fully saturated rings. The van der Waals surface area contributed by atoms with E-state index in [1.54, 1.807) is 0 Å². The predicted molar refractivity (Wildman–Crippen MR) is 84.4 cm³/mol. The molecule has 1 aliphatic rings.